The van der Waals surface area contributed by atoms with Gasteiger partial charge in [-0.15, -0.1) is 0 Å². The summed E-state index contributed by atoms with van der Waals surface area (Å²) in [5.41, 5.74) is -0.388. The van der Waals surface area contributed by atoms with Gasteiger partial charge in [0.05, 0.1) is 6.10 Å². The van der Waals surface area contributed by atoms with Crippen molar-refractivity contribution in [2.75, 3.05) is 6.54 Å². The zero-order valence-electron chi connectivity index (χ0n) is 11.4. The highest BCUT2D eigenvalue weighted by molar-refractivity contribution is 7.07. The maximum Gasteiger partial charge on any atom is 0.387 e. The molecule has 0 fully saturated rings. The lowest BCUT2D eigenvalue weighted by molar-refractivity contribution is -0.0501. The second kappa shape index (κ2) is 7.42. The van der Waals surface area contributed by atoms with Crippen molar-refractivity contribution >= 4 is 17.2 Å². The maximum atomic E-state index is 13.7. The Morgan fingerprint density at radius 3 is 2.48 bits per heavy atom. The van der Waals surface area contributed by atoms with Gasteiger partial charge < -0.3 is 15.2 Å². The fraction of sp³-hybridized carbons (Fsp3) is 0.214. The van der Waals surface area contributed by atoms with Gasteiger partial charge in [-0.1, -0.05) is 0 Å². The summed E-state index contributed by atoms with van der Waals surface area (Å²) in [7, 11) is 0. The van der Waals surface area contributed by atoms with E-state index in [2.05, 4.69) is 10.1 Å². The van der Waals surface area contributed by atoms with E-state index in [9.17, 15) is 27.5 Å². The van der Waals surface area contributed by atoms with Gasteiger partial charge in [-0.2, -0.15) is 20.1 Å². The molecule has 0 saturated heterocycles. The molecule has 0 aliphatic rings. The van der Waals surface area contributed by atoms with Gasteiger partial charge >= 0.3 is 6.61 Å². The maximum absolute atomic E-state index is 13.7. The predicted molar refractivity (Wildman–Crippen MR) is 74.6 cm³/mol. The molecular formula is C14H11F4NO3S. The summed E-state index contributed by atoms with van der Waals surface area (Å²) in [5, 5.41) is 15.3. The van der Waals surface area contributed by atoms with Gasteiger partial charge in [-0.3, -0.25) is 4.79 Å². The van der Waals surface area contributed by atoms with Crippen molar-refractivity contribution in [3.05, 3.63) is 51.7 Å². The zero-order chi connectivity index (χ0) is 17.0. The number of aliphatic hydroxyl groups is 1. The Labute approximate surface area is 132 Å². The van der Waals surface area contributed by atoms with E-state index in [1.807, 2.05) is 0 Å². The van der Waals surface area contributed by atoms with E-state index in [0.717, 1.165) is 0 Å². The van der Waals surface area contributed by atoms with Gasteiger partial charge in [-0.25, -0.2) is 8.78 Å². The molecule has 0 aliphatic heterocycles. The minimum atomic E-state index is -3.24. The molecule has 0 radical (unpaired) electrons. The predicted octanol–water partition coefficient (Wildman–Crippen LogP) is 3.09. The van der Waals surface area contributed by atoms with Gasteiger partial charge in [0.15, 0.2) is 0 Å². The number of nitrogens with one attached hydrogen (secondary N) is 1. The molecule has 1 aromatic heterocycles. The van der Waals surface area contributed by atoms with Crippen molar-refractivity contribution in [3.63, 3.8) is 0 Å². The van der Waals surface area contributed by atoms with Gasteiger partial charge in [-0.05, 0) is 22.4 Å². The first-order valence-corrected chi connectivity index (χ1v) is 7.25. The number of benzene rings is 1. The van der Waals surface area contributed by atoms with E-state index in [0.29, 0.717) is 17.7 Å². The second-order valence-corrected chi connectivity index (χ2v) is 5.20. The number of rotatable bonds is 6. The highest BCUT2D eigenvalue weighted by Gasteiger charge is 2.21. The van der Waals surface area contributed by atoms with Crippen LogP contribution in [0.15, 0.2) is 29.0 Å². The Morgan fingerprint density at radius 1 is 1.30 bits per heavy atom. The van der Waals surface area contributed by atoms with Crippen LogP contribution < -0.4 is 10.1 Å². The zero-order valence-corrected chi connectivity index (χ0v) is 12.2. The summed E-state index contributed by atoms with van der Waals surface area (Å²) in [6, 6.07) is 2.61. The van der Waals surface area contributed by atoms with Crippen LogP contribution in [-0.4, -0.2) is 24.2 Å². The fourth-order valence-electron chi connectivity index (χ4n) is 1.80. The van der Waals surface area contributed by atoms with Gasteiger partial charge in [0.2, 0.25) is 0 Å². The standard InChI is InChI=1S/C14H11F4NO3S/c15-9-3-8(22-14(17)18)4-10(16)12(9)13(21)19-5-11(20)7-1-2-23-6-7/h1-4,6,11,14,20H,5H2,(H,19,21)/t11-/m1/s1. The molecule has 1 amide bonds. The van der Waals surface area contributed by atoms with Crippen LogP contribution in [0.1, 0.15) is 22.0 Å². The number of carbonyl (C=O) groups is 1. The molecule has 4 nitrogen and oxygen atoms in total. The smallest absolute Gasteiger partial charge is 0.387 e. The van der Waals surface area contributed by atoms with Crippen molar-refractivity contribution in [1.29, 1.82) is 0 Å². The minimum absolute atomic E-state index is 0.260. The van der Waals surface area contributed by atoms with Crippen LogP contribution in [0.3, 0.4) is 0 Å². The quantitative estimate of drug-likeness (QED) is 0.788. The number of halogens is 4. The lowest BCUT2D eigenvalue weighted by Gasteiger charge is -2.12. The molecule has 0 bridgehead atoms. The first kappa shape index (κ1) is 17.2. The molecule has 1 aromatic carbocycles. The normalized spacial score (nSPS) is 12.3. The van der Waals surface area contributed by atoms with Crippen LogP contribution in [0.2, 0.25) is 0 Å². The number of hydrogen-bond donors (Lipinski definition) is 2. The molecule has 23 heavy (non-hydrogen) atoms. The van der Waals surface area contributed by atoms with Crippen LogP contribution in [0, 0.1) is 11.6 Å². The van der Waals surface area contributed by atoms with Crippen LogP contribution in [-0.2, 0) is 0 Å². The molecule has 0 aliphatic carbocycles. The Kier molecular flexibility index (Phi) is 5.56. The van der Waals surface area contributed by atoms with Crippen molar-refractivity contribution in [1.82, 2.24) is 5.32 Å². The number of ether oxygens (including phenoxy) is 1. The number of aliphatic hydroxyl groups excluding tert-OH is 1. The molecule has 124 valence electrons. The van der Waals surface area contributed by atoms with Gasteiger partial charge in [0, 0.05) is 18.7 Å². The largest absolute Gasteiger partial charge is 0.435 e. The van der Waals surface area contributed by atoms with Crippen LogP contribution in [0.25, 0.3) is 0 Å². The summed E-state index contributed by atoms with van der Waals surface area (Å²) in [6.07, 6.45) is -1.03. The second-order valence-electron chi connectivity index (χ2n) is 4.42. The number of hydrogen-bond acceptors (Lipinski definition) is 4. The number of thiophene rings is 1. The monoisotopic (exact) mass is 349 g/mol. The number of carbonyl (C=O) groups excluding carboxylic acids is 1. The molecule has 9 heteroatoms. The molecule has 2 rings (SSSR count). The molecule has 1 atom stereocenters. The van der Waals surface area contributed by atoms with Gasteiger partial charge in [0.25, 0.3) is 5.91 Å². The summed E-state index contributed by atoms with van der Waals surface area (Å²) in [4.78, 5) is 11.8. The number of amides is 1. The SMILES string of the molecule is O=C(NC[C@@H](O)c1ccsc1)c1c(F)cc(OC(F)F)cc1F. The highest BCUT2D eigenvalue weighted by atomic mass is 32.1. The van der Waals surface area contributed by atoms with Crippen LogP contribution >= 0.6 is 11.3 Å². The van der Waals surface area contributed by atoms with E-state index in [-0.39, 0.29) is 6.54 Å². The molecule has 0 saturated carbocycles. The van der Waals surface area contributed by atoms with Gasteiger partial charge in [0.1, 0.15) is 22.9 Å². The average molecular weight is 349 g/mol. The Hall–Kier alpha value is -2.13. The highest BCUT2D eigenvalue weighted by Crippen LogP contribution is 2.22. The van der Waals surface area contributed by atoms with Crippen molar-refractivity contribution in [2.45, 2.75) is 12.7 Å². The summed E-state index contributed by atoms with van der Waals surface area (Å²) >= 11 is 1.34. The lowest BCUT2D eigenvalue weighted by atomic mass is 10.1. The van der Waals surface area contributed by atoms with E-state index < -0.39 is 41.6 Å². The Morgan fingerprint density at radius 2 is 1.96 bits per heavy atom. The molecular weight excluding hydrogens is 338 g/mol. The minimum Gasteiger partial charge on any atom is -0.435 e. The topological polar surface area (TPSA) is 58.6 Å². The molecule has 2 N–H and O–H groups in total. The van der Waals surface area contributed by atoms with E-state index in [1.165, 1.54) is 11.3 Å². The number of alkyl halides is 2. The van der Waals surface area contributed by atoms with Crippen molar-refractivity contribution in [3.8, 4) is 5.75 Å². The van der Waals surface area contributed by atoms with Crippen molar-refractivity contribution in [2.24, 2.45) is 0 Å². The van der Waals surface area contributed by atoms with Crippen LogP contribution in [0.4, 0.5) is 17.6 Å². The Balaban J connectivity index is 2.07. The van der Waals surface area contributed by atoms with E-state index in [1.54, 1.807) is 16.8 Å². The first-order valence-electron chi connectivity index (χ1n) is 6.30. The summed E-state index contributed by atoms with van der Waals surface area (Å²) < 4.78 is 55.3. The van der Waals surface area contributed by atoms with Crippen LogP contribution in [0.5, 0.6) is 5.75 Å². The fourth-order valence-corrected chi connectivity index (χ4v) is 2.50. The molecule has 0 spiro atoms. The van der Waals surface area contributed by atoms with E-state index >= 15 is 0 Å². The molecule has 1 heterocycles. The molecule has 2 aromatic rings. The summed E-state index contributed by atoms with van der Waals surface area (Å²) in [6.45, 7) is -3.50. The average Bonchev–Trinajstić information content (AvgIpc) is 2.97. The third-order valence-corrected chi connectivity index (χ3v) is 3.55. The summed E-state index contributed by atoms with van der Waals surface area (Å²) in [5.74, 6) is -4.53. The first-order chi connectivity index (χ1) is 10.9. The third-order valence-electron chi connectivity index (χ3n) is 2.85. The lowest BCUT2D eigenvalue weighted by Crippen LogP contribution is -2.29. The molecule has 0 unspecified atom stereocenters. The van der Waals surface area contributed by atoms with E-state index in [4.69, 9.17) is 0 Å². The Bertz CT molecular complexity index is 656. The third kappa shape index (κ3) is 4.42. The van der Waals surface area contributed by atoms with Crippen molar-refractivity contribution < 1.29 is 32.2 Å².